The highest BCUT2D eigenvalue weighted by molar-refractivity contribution is 7.99. The third-order valence-corrected chi connectivity index (χ3v) is 5.82. The third kappa shape index (κ3) is 4.82. The zero-order chi connectivity index (χ0) is 12.9. The molecule has 2 N–H and O–H groups in total. The van der Waals surface area contributed by atoms with Crippen LogP contribution in [0.5, 0.6) is 0 Å². The van der Waals surface area contributed by atoms with Gasteiger partial charge < -0.3 is 5.73 Å². The maximum atomic E-state index is 5.94. The van der Waals surface area contributed by atoms with E-state index in [1.165, 1.54) is 37.9 Å². The van der Waals surface area contributed by atoms with Crippen molar-refractivity contribution in [2.45, 2.75) is 65.0 Å². The van der Waals surface area contributed by atoms with E-state index >= 15 is 0 Å². The molecule has 0 heterocycles. The average Bonchev–Trinajstić information content (AvgIpc) is 2.28. The molecule has 17 heavy (non-hydrogen) atoms. The monoisotopic (exact) mass is 257 g/mol. The van der Waals surface area contributed by atoms with Crippen LogP contribution < -0.4 is 5.73 Å². The zero-order valence-corrected chi connectivity index (χ0v) is 13.0. The molecule has 2 heteroatoms. The quantitative estimate of drug-likeness (QED) is 0.743. The molecule has 0 spiro atoms. The minimum Gasteiger partial charge on any atom is -0.330 e. The SMILES string of the molecule is CCCCSC1CC(C(C)(C)C)CCC1CN. The molecule has 3 atom stereocenters. The van der Waals surface area contributed by atoms with Gasteiger partial charge in [-0.05, 0) is 55.2 Å². The fraction of sp³-hybridized carbons (Fsp3) is 1.00. The average molecular weight is 257 g/mol. The number of hydrogen-bond donors (Lipinski definition) is 1. The summed E-state index contributed by atoms with van der Waals surface area (Å²) in [6, 6.07) is 0. The Morgan fingerprint density at radius 3 is 2.47 bits per heavy atom. The Hall–Kier alpha value is 0.310. The van der Waals surface area contributed by atoms with Crippen molar-refractivity contribution in [3.05, 3.63) is 0 Å². The van der Waals surface area contributed by atoms with Crippen molar-refractivity contribution in [2.24, 2.45) is 23.0 Å². The lowest BCUT2D eigenvalue weighted by atomic mass is 9.69. The lowest BCUT2D eigenvalue weighted by Crippen LogP contribution is -2.36. The summed E-state index contributed by atoms with van der Waals surface area (Å²) in [5.74, 6) is 2.99. The molecule has 1 aliphatic carbocycles. The standard InChI is InChI=1S/C15H31NS/c1-5-6-9-17-14-10-13(15(2,3)4)8-7-12(14)11-16/h12-14H,5-11,16H2,1-4H3. The van der Waals surface area contributed by atoms with Gasteiger partial charge in [0.05, 0.1) is 0 Å². The fourth-order valence-electron chi connectivity index (χ4n) is 2.83. The lowest BCUT2D eigenvalue weighted by Gasteiger charge is -2.41. The van der Waals surface area contributed by atoms with E-state index in [1.807, 2.05) is 0 Å². The molecule has 0 radical (unpaired) electrons. The van der Waals surface area contributed by atoms with E-state index in [2.05, 4.69) is 39.5 Å². The summed E-state index contributed by atoms with van der Waals surface area (Å²) in [5.41, 5.74) is 6.41. The Morgan fingerprint density at radius 1 is 1.24 bits per heavy atom. The summed E-state index contributed by atoms with van der Waals surface area (Å²) >= 11 is 2.19. The van der Waals surface area contributed by atoms with Gasteiger partial charge >= 0.3 is 0 Å². The van der Waals surface area contributed by atoms with Crippen LogP contribution in [-0.4, -0.2) is 17.5 Å². The smallest absolute Gasteiger partial charge is 0.00901 e. The summed E-state index contributed by atoms with van der Waals surface area (Å²) in [6.07, 6.45) is 6.80. The highest BCUT2D eigenvalue weighted by Crippen LogP contribution is 2.43. The number of hydrogen-bond acceptors (Lipinski definition) is 2. The van der Waals surface area contributed by atoms with Crippen LogP contribution in [0.3, 0.4) is 0 Å². The summed E-state index contributed by atoms with van der Waals surface area (Å²) in [5, 5.41) is 0.824. The summed E-state index contributed by atoms with van der Waals surface area (Å²) < 4.78 is 0. The van der Waals surface area contributed by atoms with E-state index in [-0.39, 0.29) is 0 Å². The van der Waals surface area contributed by atoms with E-state index in [0.717, 1.165) is 23.6 Å². The van der Waals surface area contributed by atoms with Crippen LogP contribution in [0, 0.1) is 17.3 Å². The molecule has 0 amide bonds. The van der Waals surface area contributed by atoms with Gasteiger partial charge in [-0.25, -0.2) is 0 Å². The number of thioether (sulfide) groups is 1. The predicted molar refractivity (Wildman–Crippen MR) is 80.5 cm³/mol. The molecule has 3 unspecified atom stereocenters. The van der Waals surface area contributed by atoms with Crippen molar-refractivity contribution in [3.63, 3.8) is 0 Å². The van der Waals surface area contributed by atoms with Gasteiger partial charge in [-0.15, -0.1) is 0 Å². The van der Waals surface area contributed by atoms with Crippen LogP contribution in [0.4, 0.5) is 0 Å². The summed E-state index contributed by atoms with van der Waals surface area (Å²) in [6.45, 7) is 10.4. The van der Waals surface area contributed by atoms with E-state index < -0.39 is 0 Å². The van der Waals surface area contributed by atoms with E-state index in [0.29, 0.717) is 5.41 Å². The number of unbranched alkanes of at least 4 members (excludes halogenated alkanes) is 1. The van der Waals surface area contributed by atoms with Crippen molar-refractivity contribution < 1.29 is 0 Å². The molecule has 0 bridgehead atoms. The second-order valence-corrected chi connectivity index (χ2v) is 7.98. The Bertz CT molecular complexity index is 209. The highest BCUT2D eigenvalue weighted by atomic mass is 32.2. The Balaban J connectivity index is 2.49. The second kappa shape index (κ2) is 7.04. The molecule has 102 valence electrons. The van der Waals surface area contributed by atoms with Gasteiger partial charge in [0, 0.05) is 5.25 Å². The molecule has 0 saturated heterocycles. The maximum Gasteiger partial charge on any atom is 0.00901 e. The van der Waals surface area contributed by atoms with E-state index in [1.54, 1.807) is 0 Å². The van der Waals surface area contributed by atoms with Crippen LogP contribution in [0.2, 0.25) is 0 Å². The van der Waals surface area contributed by atoms with Crippen molar-refractivity contribution in [1.29, 1.82) is 0 Å². The normalized spacial score (nSPS) is 30.5. The molecule has 0 aromatic heterocycles. The molecular weight excluding hydrogens is 226 g/mol. The minimum atomic E-state index is 0.475. The molecule has 1 saturated carbocycles. The van der Waals surface area contributed by atoms with Crippen LogP contribution in [0.1, 0.15) is 59.8 Å². The Morgan fingerprint density at radius 2 is 1.94 bits per heavy atom. The van der Waals surface area contributed by atoms with Crippen molar-refractivity contribution >= 4 is 11.8 Å². The molecular formula is C15H31NS. The van der Waals surface area contributed by atoms with Crippen LogP contribution in [-0.2, 0) is 0 Å². The van der Waals surface area contributed by atoms with Gasteiger partial charge in [0.1, 0.15) is 0 Å². The van der Waals surface area contributed by atoms with Gasteiger partial charge in [0.15, 0.2) is 0 Å². The lowest BCUT2D eigenvalue weighted by molar-refractivity contribution is 0.157. The van der Waals surface area contributed by atoms with E-state index in [4.69, 9.17) is 5.73 Å². The predicted octanol–water partition coefficient (Wildman–Crippen LogP) is 4.31. The van der Waals surface area contributed by atoms with Gasteiger partial charge in [0.25, 0.3) is 0 Å². The summed E-state index contributed by atoms with van der Waals surface area (Å²) in [7, 11) is 0. The summed E-state index contributed by atoms with van der Waals surface area (Å²) in [4.78, 5) is 0. The van der Waals surface area contributed by atoms with Gasteiger partial charge in [-0.1, -0.05) is 34.1 Å². The third-order valence-electron chi connectivity index (χ3n) is 4.29. The molecule has 0 aliphatic heterocycles. The minimum absolute atomic E-state index is 0.475. The second-order valence-electron chi connectivity index (χ2n) is 6.63. The van der Waals surface area contributed by atoms with Gasteiger partial charge in [-0.2, -0.15) is 11.8 Å². The van der Waals surface area contributed by atoms with E-state index in [9.17, 15) is 0 Å². The van der Waals surface area contributed by atoms with Crippen molar-refractivity contribution in [1.82, 2.24) is 0 Å². The molecule has 1 rings (SSSR count). The largest absolute Gasteiger partial charge is 0.330 e. The van der Waals surface area contributed by atoms with Crippen LogP contribution in [0.15, 0.2) is 0 Å². The number of rotatable bonds is 5. The molecule has 1 nitrogen and oxygen atoms in total. The zero-order valence-electron chi connectivity index (χ0n) is 12.2. The topological polar surface area (TPSA) is 26.0 Å². The molecule has 1 fully saturated rings. The van der Waals surface area contributed by atoms with Crippen LogP contribution >= 0.6 is 11.8 Å². The van der Waals surface area contributed by atoms with Crippen molar-refractivity contribution in [2.75, 3.05) is 12.3 Å². The Labute approximate surface area is 112 Å². The first-order chi connectivity index (χ1) is 7.99. The maximum absolute atomic E-state index is 5.94. The highest BCUT2D eigenvalue weighted by Gasteiger charge is 2.35. The Kier molecular flexibility index (Phi) is 6.36. The molecule has 0 aromatic rings. The molecule has 0 aromatic carbocycles. The first-order valence-corrected chi connectivity index (χ1v) is 8.35. The van der Waals surface area contributed by atoms with Crippen LogP contribution in [0.25, 0.3) is 0 Å². The van der Waals surface area contributed by atoms with Gasteiger partial charge in [0.2, 0.25) is 0 Å². The number of nitrogens with two attached hydrogens (primary N) is 1. The fourth-order valence-corrected chi connectivity index (χ4v) is 4.48. The first kappa shape index (κ1) is 15.4. The van der Waals surface area contributed by atoms with Gasteiger partial charge in [-0.3, -0.25) is 0 Å². The van der Waals surface area contributed by atoms with Crippen molar-refractivity contribution in [3.8, 4) is 0 Å². The molecule has 1 aliphatic rings. The first-order valence-electron chi connectivity index (χ1n) is 7.30.